The predicted molar refractivity (Wildman–Crippen MR) is 89.8 cm³/mol. The van der Waals surface area contributed by atoms with Crippen LogP contribution in [0.3, 0.4) is 0 Å². The Morgan fingerprint density at radius 3 is 2.50 bits per heavy atom. The van der Waals surface area contributed by atoms with Crippen molar-refractivity contribution in [1.29, 1.82) is 0 Å². The zero-order valence-electron chi connectivity index (χ0n) is 14.2. The Balaban J connectivity index is 2.99. The van der Waals surface area contributed by atoms with Gasteiger partial charge in [-0.05, 0) is 0 Å². The molecule has 0 radical (unpaired) electrons. The van der Waals surface area contributed by atoms with E-state index in [0.29, 0.717) is 11.8 Å². The highest BCUT2D eigenvalue weighted by atomic mass is 32.2. The third kappa shape index (κ3) is 7.83. The fourth-order valence-corrected chi connectivity index (χ4v) is 2.98. The third-order valence-corrected chi connectivity index (χ3v) is 4.56. The summed E-state index contributed by atoms with van der Waals surface area (Å²) in [6.07, 6.45) is -1.58. The summed E-state index contributed by atoms with van der Waals surface area (Å²) in [4.78, 5) is 65.3. The lowest BCUT2D eigenvalue weighted by Crippen LogP contribution is -2.49. The van der Waals surface area contributed by atoms with Gasteiger partial charge in [0.05, 0.1) is 6.61 Å². The molecule has 148 valence electrons. The maximum absolute atomic E-state index is 12.4. The molecule has 0 spiro atoms. The number of ether oxygens (including phenoxy) is 1. The molecule has 11 nitrogen and oxygen atoms in total. The van der Waals surface area contributed by atoms with Crippen molar-refractivity contribution in [2.45, 2.75) is 26.4 Å². The molecule has 1 atom stereocenters. The fraction of sp³-hybridized carbons (Fsp3) is 0.692. The lowest BCUT2D eigenvalue weighted by atomic mass is 9.86. The molecule has 1 heterocycles. The first-order valence-corrected chi connectivity index (χ1v) is 10.1. The molecule has 1 rings (SSSR count). The Hall–Kier alpha value is -1.46. The van der Waals surface area contributed by atoms with Gasteiger partial charge in [-0.2, -0.15) is 0 Å². The SMILES string of the molecule is CC(C)(COP(=O)(O)O)[C@H]1OC(=O)C(=O)SCCNC(=O)CCNC1=O. The first-order chi connectivity index (χ1) is 11.9. The minimum Gasteiger partial charge on any atom is -0.445 e. The van der Waals surface area contributed by atoms with Gasteiger partial charge < -0.3 is 25.2 Å². The normalized spacial score (nSPS) is 21.6. The molecular weight excluding hydrogens is 391 g/mol. The van der Waals surface area contributed by atoms with E-state index in [1.54, 1.807) is 0 Å². The number of amides is 2. The van der Waals surface area contributed by atoms with Crippen LogP contribution in [-0.4, -0.2) is 64.2 Å². The lowest BCUT2D eigenvalue weighted by molar-refractivity contribution is -0.166. The van der Waals surface area contributed by atoms with Gasteiger partial charge in [0.2, 0.25) is 5.91 Å². The fourth-order valence-electron chi connectivity index (χ4n) is 1.92. The molecule has 13 heteroatoms. The molecule has 0 aromatic rings. The highest BCUT2D eigenvalue weighted by molar-refractivity contribution is 8.15. The average Bonchev–Trinajstić information content (AvgIpc) is 2.53. The molecule has 1 saturated heterocycles. The summed E-state index contributed by atoms with van der Waals surface area (Å²) >= 11 is 0.624. The lowest BCUT2D eigenvalue weighted by Gasteiger charge is -2.32. The van der Waals surface area contributed by atoms with Gasteiger partial charge in [0.25, 0.3) is 11.0 Å². The second-order valence-electron chi connectivity index (χ2n) is 6.06. The number of phosphoric acid groups is 1. The first kappa shape index (κ1) is 22.6. The van der Waals surface area contributed by atoms with Crippen LogP contribution < -0.4 is 10.6 Å². The van der Waals surface area contributed by atoms with E-state index in [1.165, 1.54) is 13.8 Å². The van der Waals surface area contributed by atoms with E-state index in [0.717, 1.165) is 0 Å². The van der Waals surface area contributed by atoms with Crippen molar-refractivity contribution in [2.24, 2.45) is 5.41 Å². The van der Waals surface area contributed by atoms with Crippen molar-refractivity contribution >= 4 is 42.5 Å². The van der Waals surface area contributed by atoms with Crippen LogP contribution in [0, 0.1) is 5.41 Å². The molecule has 0 aromatic heterocycles. The van der Waals surface area contributed by atoms with Gasteiger partial charge in [-0.15, -0.1) is 0 Å². The van der Waals surface area contributed by atoms with Crippen LogP contribution in [0.2, 0.25) is 0 Å². The van der Waals surface area contributed by atoms with Crippen LogP contribution in [0.15, 0.2) is 0 Å². The molecule has 0 unspecified atom stereocenters. The van der Waals surface area contributed by atoms with E-state index in [-0.39, 0.29) is 31.2 Å². The summed E-state index contributed by atoms with van der Waals surface area (Å²) in [6.45, 7) is 2.26. The van der Waals surface area contributed by atoms with Crippen molar-refractivity contribution in [3.8, 4) is 0 Å². The summed E-state index contributed by atoms with van der Waals surface area (Å²) in [5.74, 6) is -2.28. The number of cyclic esters (lactones) is 1. The molecule has 4 N–H and O–H groups in total. The number of rotatable bonds is 4. The minimum absolute atomic E-state index is 0.0234. The van der Waals surface area contributed by atoms with Crippen molar-refractivity contribution < 1.29 is 42.8 Å². The van der Waals surface area contributed by atoms with Gasteiger partial charge in [0.15, 0.2) is 6.10 Å². The highest BCUT2D eigenvalue weighted by Gasteiger charge is 2.41. The maximum atomic E-state index is 12.4. The Labute approximate surface area is 153 Å². The van der Waals surface area contributed by atoms with Gasteiger partial charge in [0, 0.05) is 30.7 Å². The smallest absolute Gasteiger partial charge is 0.445 e. The Morgan fingerprint density at radius 1 is 1.23 bits per heavy atom. The summed E-state index contributed by atoms with van der Waals surface area (Å²) < 4.78 is 20.3. The molecule has 0 aromatic carbocycles. The van der Waals surface area contributed by atoms with Crippen LogP contribution in [0.1, 0.15) is 20.3 Å². The van der Waals surface area contributed by atoms with Crippen LogP contribution in [0.25, 0.3) is 0 Å². The molecule has 0 aliphatic carbocycles. The van der Waals surface area contributed by atoms with Crippen LogP contribution >= 0.6 is 19.6 Å². The number of carbonyl (C=O) groups is 4. The zero-order chi connectivity index (χ0) is 20.0. The van der Waals surface area contributed by atoms with Gasteiger partial charge in [0.1, 0.15) is 0 Å². The van der Waals surface area contributed by atoms with E-state index < -0.39 is 42.9 Å². The van der Waals surface area contributed by atoms with E-state index in [1.807, 2.05) is 0 Å². The summed E-state index contributed by atoms with van der Waals surface area (Å²) in [6, 6.07) is 0. The van der Waals surface area contributed by atoms with Crippen molar-refractivity contribution in [1.82, 2.24) is 10.6 Å². The second-order valence-corrected chi connectivity index (χ2v) is 8.37. The Kier molecular flexibility index (Phi) is 8.22. The summed E-state index contributed by atoms with van der Waals surface area (Å²) in [5.41, 5.74) is -1.37. The quantitative estimate of drug-likeness (QED) is 0.253. The molecule has 0 bridgehead atoms. The number of carbonyl (C=O) groups excluding carboxylic acids is 4. The topological polar surface area (TPSA) is 168 Å². The number of esters is 1. The summed E-state index contributed by atoms with van der Waals surface area (Å²) in [7, 11) is -4.82. The van der Waals surface area contributed by atoms with Gasteiger partial charge in [-0.3, -0.25) is 18.9 Å². The van der Waals surface area contributed by atoms with Gasteiger partial charge in [-0.25, -0.2) is 9.36 Å². The molecular formula is C13H21N2O9PS. The Morgan fingerprint density at radius 2 is 1.88 bits per heavy atom. The largest absolute Gasteiger partial charge is 0.469 e. The average molecular weight is 412 g/mol. The second kappa shape index (κ2) is 9.47. The van der Waals surface area contributed by atoms with E-state index in [9.17, 15) is 23.7 Å². The summed E-state index contributed by atoms with van der Waals surface area (Å²) in [5, 5.41) is 3.97. The number of nitrogens with one attached hydrogen (secondary N) is 2. The van der Waals surface area contributed by atoms with Crippen LogP contribution in [0.4, 0.5) is 0 Å². The first-order valence-electron chi connectivity index (χ1n) is 7.54. The monoisotopic (exact) mass is 412 g/mol. The number of hydrogen-bond donors (Lipinski definition) is 4. The Bertz CT molecular complexity index is 619. The van der Waals surface area contributed by atoms with Gasteiger partial charge >= 0.3 is 13.8 Å². The maximum Gasteiger partial charge on any atom is 0.469 e. The standard InChI is InChI=1S/C13H21N2O9PS/c1-13(2,7-23-25(20,21)22)9-10(17)15-4-3-8(16)14-5-6-26-12(19)11(18)24-9/h9H,3-7H2,1-2H3,(H,14,16)(H,15,17)(H2,20,21,22)/t9-/m0/s1. The molecule has 1 fully saturated rings. The molecule has 0 saturated carbocycles. The molecule has 26 heavy (non-hydrogen) atoms. The van der Waals surface area contributed by atoms with Crippen molar-refractivity contribution in [3.63, 3.8) is 0 Å². The minimum atomic E-state index is -4.82. The number of thioether (sulfide) groups is 1. The van der Waals surface area contributed by atoms with E-state index >= 15 is 0 Å². The van der Waals surface area contributed by atoms with Gasteiger partial charge in [-0.1, -0.05) is 25.6 Å². The predicted octanol–water partition coefficient (Wildman–Crippen LogP) is -1.07. The number of phosphoric ester groups is 1. The molecule has 1 aliphatic heterocycles. The highest BCUT2D eigenvalue weighted by Crippen LogP contribution is 2.39. The zero-order valence-corrected chi connectivity index (χ0v) is 15.9. The van der Waals surface area contributed by atoms with Crippen LogP contribution in [0.5, 0.6) is 0 Å². The molecule has 2 amide bonds. The van der Waals surface area contributed by atoms with E-state index in [4.69, 9.17) is 14.5 Å². The number of hydrogen-bond acceptors (Lipinski definition) is 8. The molecule has 1 aliphatic rings. The van der Waals surface area contributed by atoms with Crippen LogP contribution in [-0.2, 0) is 33.0 Å². The van der Waals surface area contributed by atoms with Crippen molar-refractivity contribution in [2.75, 3.05) is 25.4 Å². The van der Waals surface area contributed by atoms with Crippen molar-refractivity contribution in [3.05, 3.63) is 0 Å². The third-order valence-electron chi connectivity index (χ3n) is 3.25. The van der Waals surface area contributed by atoms with E-state index in [2.05, 4.69) is 15.2 Å².